The molecule has 0 aromatic heterocycles. The van der Waals surface area contributed by atoms with Crippen molar-refractivity contribution in [3.8, 4) is 0 Å². The minimum atomic E-state index is -0.526. The van der Waals surface area contributed by atoms with E-state index < -0.39 is 5.60 Å². The minimum absolute atomic E-state index is 0.526. The number of morpholine rings is 1. The van der Waals surface area contributed by atoms with Crippen LogP contribution in [0.15, 0.2) is 28.7 Å². The van der Waals surface area contributed by atoms with E-state index >= 15 is 0 Å². The van der Waals surface area contributed by atoms with Crippen LogP contribution in [0.3, 0.4) is 0 Å². The van der Waals surface area contributed by atoms with Crippen molar-refractivity contribution in [3.05, 3.63) is 34.3 Å². The normalized spacial score (nSPS) is 23.5. The topological polar surface area (TPSA) is 35.9 Å². The van der Waals surface area contributed by atoms with Gasteiger partial charge in [-0.1, -0.05) is 34.1 Å². The van der Waals surface area contributed by atoms with Gasteiger partial charge >= 0.3 is 0 Å². The fourth-order valence-corrected chi connectivity index (χ4v) is 3.74. The number of likely N-dealkylation sites (tertiary alicyclic amines) is 1. The van der Waals surface area contributed by atoms with E-state index in [4.69, 9.17) is 4.74 Å². The van der Waals surface area contributed by atoms with Crippen molar-refractivity contribution in [2.75, 3.05) is 45.9 Å². The van der Waals surface area contributed by atoms with Crippen molar-refractivity contribution in [3.63, 3.8) is 0 Å². The first kappa shape index (κ1) is 16.4. The molecule has 22 heavy (non-hydrogen) atoms. The molecule has 1 aromatic rings. The molecule has 1 aromatic carbocycles. The highest BCUT2D eigenvalue weighted by Crippen LogP contribution is 2.26. The number of piperidine rings is 1. The zero-order valence-electron chi connectivity index (χ0n) is 13.0. The quantitative estimate of drug-likeness (QED) is 0.882. The highest BCUT2D eigenvalue weighted by atomic mass is 79.9. The molecule has 0 radical (unpaired) electrons. The van der Waals surface area contributed by atoms with Crippen molar-refractivity contribution < 1.29 is 9.84 Å². The maximum atomic E-state index is 10.8. The van der Waals surface area contributed by atoms with Crippen LogP contribution in [0.4, 0.5) is 0 Å². The molecule has 3 rings (SSSR count). The molecule has 2 saturated heterocycles. The van der Waals surface area contributed by atoms with Crippen LogP contribution < -0.4 is 0 Å². The third-order valence-electron chi connectivity index (χ3n) is 4.76. The van der Waals surface area contributed by atoms with Gasteiger partial charge in [-0.3, -0.25) is 9.80 Å². The Bertz CT molecular complexity index is 483. The molecule has 0 amide bonds. The lowest BCUT2D eigenvalue weighted by Gasteiger charge is -2.41. The maximum Gasteiger partial charge on any atom is 0.0798 e. The number of benzene rings is 1. The first-order valence-corrected chi connectivity index (χ1v) is 8.92. The Kier molecular flexibility index (Phi) is 5.52. The molecule has 0 saturated carbocycles. The van der Waals surface area contributed by atoms with Gasteiger partial charge in [0.25, 0.3) is 0 Å². The van der Waals surface area contributed by atoms with Gasteiger partial charge in [-0.2, -0.15) is 0 Å². The molecular weight excluding hydrogens is 344 g/mol. The molecule has 5 heteroatoms. The summed E-state index contributed by atoms with van der Waals surface area (Å²) in [7, 11) is 0. The second kappa shape index (κ2) is 7.41. The molecule has 122 valence electrons. The van der Waals surface area contributed by atoms with E-state index in [1.54, 1.807) is 0 Å². The van der Waals surface area contributed by atoms with Crippen molar-refractivity contribution >= 4 is 15.9 Å². The third-order valence-corrected chi connectivity index (χ3v) is 5.53. The summed E-state index contributed by atoms with van der Waals surface area (Å²) in [6, 6.07) is 8.39. The zero-order valence-corrected chi connectivity index (χ0v) is 14.6. The fourth-order valence-electron chi connectivity index (χ4n) is 3.33. The van der Waals surface area contributed by atoms with E-state index in [0.717, 1.165) is 65.3 Å². The minimum Gasteiger partial charge on any atom is -0.388 e. The van der Waals surface area contributed by atoms with Gasteiger partial charge < -0.3 is 9.84 Å². The van der Waals surface area contributed by atoms with Crippen molar-refractivity contribution in [2.24, 2.45) is 0 Å². The molecule has 1 N–H and O–H groups in total. The summed E-state index contributed by atoms with van der Waals surface area (Å²) < 4.78 is 6.55. The molecule has 4 nitrogen and oxygen atoms in total. The second-order valence-electron chi connectivity index (χ2n) is 6.48. The Labute approximate surface area is 141 Å². The standard InChI is InChI=1S/C17H25BrN2O2/c18-16-4-2-1-3-15(16)13-19-7-5-17(21,6-8-19)14-20-9-11-22-12-10-20/h1-4,21H,5-14H2. The lowest BCUT2D eigenvalue weighted by Crippen LogP contribution is -2.52. The number of halogens is 1. The van der Waals surface area contributed by atoms with Gasteiger partial charge in [0.15, 0.2) is 0 Å². The summed E-state index contributed by atoms with van der Waals surface area (Å²) in [4.78, 5) is 4.78. The Balaban J connectivity index is 1.50. The van der Waals surface area contributed by atoms with Crippen LogP contribution >= 0.6 is 15.9 Å². The first-order chi connectivity index (χ1) is 10.6. The lowest BCUT2D eigenvalue weighted by atomic mass is 9.90. The molecule has 0 atom stereocenters. The van der Waals surface area contributed by atoms with Gasteiger partial charge in [0.05, 0.1) is 18.8 Å². The molecule has 0 spiro atoms. The SMILES string of the molecule is OC1(CN2CCOCC2)CCN(Cc2ccccc2Br)CC1. The van der Waals surface area contributed by atoms with Crippen LogP contribution in [-0.2, 0) is 11.3 Å². The average molecular weight is 369 g/mol. The van der Waals surface area contributed by atoms with E-state index in [1.165, 1.54) is 10.0 Å². The molecule has 0 bridgehead atoms. The van der Waals surface area contributed by atoms with Crippen molar-refractivity contribution in [2.45, 2.75) is 25.0 Å². The van der Waals surface area contributed by atoms with Crippen molar-refractivity contribution in [1.29, 1.82) is 0 Å². The van der Waals surface area contributed by atoms with Gasteiger partial charge in [0.1, 0.15) is 0 Å². The molecule has 2 fully saturated rings. The molecule has 0 aliphatic carbocycles. The monoisotopic (exact) mass is 368 g/mol. The summed E-state index contributed by atoms with van der Waals surface area (Å²) in [6.07, 6.45) is 1.71. The Hall–Kier alpha value is -0.460. The van der Waals surface area contributed by atoms with Crippen LogP contribution in [0.2, 0.25) is 0 Å². The summed E-state index contributed by atoms with van der Waals surface area (Å²) in [5.74, 6) is 0. The smallest absolute Gasteiger partial charge is 0.0798 e. The predicted octanol–water partition coefficient (Wildman–Crippen LogP) is 2.11. The predicted molar refractivity (Wildman–Crippen MR) is 90.9 cm³/mol. The maximum absolute atomic E-state index is 10.8. The largest absolute Gasteiger partial charge is 0.388 e. The second-order valence-corrected chi connectivity index (χ2v) is 7.33. The van der Waals surface area contributed by atoms with Gasteiger partial charge in [0.2, 0.25) is 0 Å². The van der Waals surface area contributed by atoms with E-state index in [2.05, 4.69) is 43.9 Å². The van der Waals surface area contributed by atoms with Crippen molar-refractivity contribution in [1.82, 2.24) is 9.80 Å². The number of β-amino-alcohol motifs (C(OH)–C–C–N with tert-alkyl or cyclic N) is 1. The van der Waals surface area contributed by atoms with E-state index in [1.807, 2.05) is 6.07 Å². The number of ether oxygens (including phenoxy) is 1. The van der Waals surface area contributed by atoms with Gasteiger partial charge in [-0.15, -0.1) is 0 Å². The summed E-state index contributed by atoms with van der Waals surface area (Å²) in [6.45, 7) is 7.15. The van der Waals surface area contributed by atoms with Crippen LogP contribution in [0, 0.1) is 0 Å². The van der Waals surface area contributed by atoms with E-state index in [0.29, 0.717) is 0 Å². The summed E-state index contributed by atoms with van der Waals surface area (Å²) >= 11 is 3.62. The van der Waals surface area contributed by atoms with Crippen LogP contribution in [-0.4, -0.2) is 66.4 Å². The Morgan fingerprint density at radius 1 is 1.05 bits per heavy atom. The molecule has 2 heterocycles. The van der Waals surface area contributed by atoms with Gasteiger partial charge in [-0.05, 0) is 24.5 Å². The number of rotatable bonds is 4. The number of hydrogen-bond acceptors (Lipinski definition) is 4. The Morgan fingerprint density at radius 3 is 2.41 bits per heavy atom. The molecule has 2 aliphatic rings. The average Bonchev–Trinajstić information content (AvgIpc) is 2.53. The van der Waals surface area contributed by atoms with E-state index in [9.17, 15) is 5.11 Å². The molecule has 0 unspecified atom stereocenters. The zero-order chi connectivity index (χ0) is 15.4. The molecule has 2 aliphatic heterocycles. The lowest BCUT2D eigenvalue weighted by molar-refractivity contribution is -0.0648. The Morgan fingerprint density at radius 2 is 1.73 bits per heavy atom. The van der Waals surface area contributed by atoms with Crippen LogP contribution in [0.1, 0.15) is 18.4 Å². The van der Waals surface area contributed by atoms with E-state index in [-0.39, 0.29) is 0 Å². The molecular formula is C17H25BrN2O2. The highest BCUT2D eigenvalue weighted by molar-refractivity contribution is 9.10. The first-order valence-electron chi connectivity index (χ1n) is 8.13. The number of aliphatic hydroxyl groups is 1. The van der Waals surface area contributed by atoms with Crippen LogP contribution in [0.5, 0.6) is 0 Å². The highest BCUT2D eigenvalue weighted by Gasteiger charge is 2.34. The number of hydrogen-bond donors (Lipinski definition) is 1. The van der Waals surface area contributed by atoms with Gasteiger partial charge in [0, 0.05) is 43.7 Å². The summed E-state index contributed by atoms with van der Waals surface area (Å²) in [5, 5.41) is 10.8. The summed E-state index contributed by atoms with van der Waals surface area (Å²) in [5.41, 5.74) is 0.794. The third kappa shape index (κ3) is 4.30. The number of nitrogens with zero attached hydrogens (tertiary/aromatic N) is 2. The fraction of sp³-hybridized carbons (Fsp3) is 0.647. The van der Waals surface area contributed by atoms with Crippen LogP contribution in [0.25, 0.3) is 0 Å². The van der Waals surface area contributed by atoms with Gasteiger partial charge in [-0.25, -0.2) is 0 Å².